The average Bonchev–Trinajstić information content (AvgIpc) is 3.03. The van der Waals surface area contributed by atoms with Crippen LogP contribution in [0.15, 0.2) is 18.2 Å². The number of carbonyl (C=O) groups excluding carboxylic acids is 1. The van der Waals surface area contributed by atoms with Gasteiger partial charge in [-0.2, -0.15) is 5.21 Å². The second-order valence-corrected chi connectivity index (χ2v) is 5.51. The summed E-state index contributed by atoms with van der Waals surface area (Å²) in [5.74, 6) is 0.459. The van der Waals surface area contributed by atoms with E-state index in [1.807, 2.05) is 19.9 Å². The number of aromatic nitrogens is 4. The Labute approximate surface area is 134 Å². The second kappa shape index (κ2) is 7.22. The number of aromatic amines is 1. The van der Waals surface area contributed by atoms with E-state index in [1.54, 1.807) is 24.1 Å². The lowest BCUT2D eigenvalue weighted by atomic mass is 10.1. The van der Waals surface area contributed by atoms with Crippen LogP contribution in [0.3, 0.4) is 0 Å². The van der Waals surface area contributed by atoms with Crippen LogP contribution in [0.5, 0.6) is 0 Å². The van der Waals surface area contributed by atoms with Crippen LogP contribution in [0.25, 0.3) is 0 Å². The van der Waals surface area contributed by atoms with Crippen LogP contribution in [-0.2, 0) is 0 Å². The van der Waals surface area contributed by atoms with E-state index in [0.717, 1.165) is 12.2 Å². The highest BCUT2D eigenvalue weighted by Gasteiger charge is 2.20. The van der Waals surface area contributed by atoms with Gasteiger partial charge in [0.15, 0.2) is 5.82 Å². The summed E-state index contributed by atoms with van der Waals surface area (Å²) < 4.78 is 0. The molecule has 0 fully saturated rings. The maximum atomic E-state index is 12.7. The summed E-state index contributed by atoms with van der Waals surface area (Å²) in [4.78, 5) is 14.3. The number of anilines is 1. The number of hydrogen-bond acceptors (Lipinski definition) is 5. The van der Waals surface area contributed by atoms with Crippen LogP contribution >= 0.6 is 11.6 Å². The fourth-order valence-electron chi connectivity index (χ4n) is 2.20. The Morgan fingerprint density at radius 2 is 2.27 bits per heavy atom. The predicted molar refractivity (Wildman–Crippen MR) is 85.2 cm³/mol. The number of carbonyl (C=O) groups is 1. The van der Waals surface area contributed by atoms with Crippen molar-refractivity contribution in [3.8, 4) is 0 Å². The Bertz CT molecular complexity index is 630. The Hall–Kier alpha value is -2.15. The van der Waals surface area contributed by atoms with Gasteiger partial charge in [-0.1, -0.05) is 23.7 Å². The third-order valence-corrected chi connectivity index (χ3v) is 3.51. The molecular formula is C14H19ClN6O. The molecule has 7 nitrogen and oxygen atoms in total. The zero-order valence-electron chi connectivity index (χ0n) is 12.8. The number of tetrazole rings is 1. The fourth-order valence-corrected chi connectivity index (χ4v) is 2.37. The van der Waals surface area contributed by atoms with Gasteiger partial charge in [0.05, 0.1) is 5.56 Å². The van der Waals surface area contributed by atoms with Gasteiger partial charge < -0.3 is 10.2 Å². The topological polar surface area (TPSA) is 86.8 Å². The molecule has 0 aliphatic carbocycles. The number of benzene rings is 1. The van der Waals surface area contributed by atoms with E-state index in [4.69, 9.17) is 11.6 Å². The molecule has 2 rings (SSSR count). The molecule has 1 aromatic carbocycles. The summed E-state index contributed by atoms with van der Waals surface area (Å²) in [6.07, 6.45) is 0. The summed E-state index contributed by atoms with van der Waals surface area (Å²) in [6.45, 7) is 5.13. The second-order valence-electron chi connectivity index (χ2n) is 5.08. The van der Waals surface area contributed by atoms with Crippen molar-refractivity contribution in [2.24, 2.45) is 0 Å². The van der Waals surface area contributed by atoms with E-state index >= 15 is 0 Å². The smallest absolute Gasteiger partial charge is 0.255 e. The molecule has 0 radical (unpaired) electrons. The zero-order valence-corrected chi connectivity index (χ0v) is 13.6. The fraction of sp³-hybridized carbons (Fsp3) is 0.429. The third-order valence-electron chi connectivity index (χ3n) is 3.28. The first-order valence-electron chi connectivity index (χ1n) is 7.05. The molecule has 8 heteroatoms. The number of halogens is 1. The normalized spacial score (nSPS) is 12.0. The van der Waals surface area contributed by atoms with Gasteiger partial charge in [0.2, 0.25) is 0 Å². The summed E-state index contributed by atoms with van der Waals surface area (Å²) in [5.41, 5.74) is 1.33. The van der Waals surface area contributed by atoms with Crippen LogP contribution in [0, 0.1) is 0 Å². The molecule has 0 spiro atoms. The highest BCUT2D eigenvalue weighted by molar-refractivity contribution is 6.31. The minimum Gasteiger partial charge on any atom is -0.385 e. The van der Waals surface area contributed by atoms with Crippen LogP contribution in [0.4, 0.5) is 5.69 Å². The van der Waals surface area contributed by atoms with Crippen molar-refractivity contribution in [2.75, 3.05) is 25.5 Å². The quantitative estimate of drug-likeness (QED) is 0.851. The summed E-state index contributed by atoms with van der Waals surface area (Å²) in [6, 6.07) is 5.26. The number of rotatable bonds is 6. The maximum absolute atomic E-state index is 12.7. The van der Waals surface area contributed by atoms with Gasteiger partial charge in [0.25, 0.3) is 5.91 Å². The first-order valence-corrected chi connectivity index (χ1v) is 7.43. The molecule has 1 atom stereocenters. The molecule has 1 aromatic heterocycles. The van der Waals surface area contributed by atoms with Gasteiger partial charge in [-0.05, 0) is 25.1 Å². The van der Waals surface area contributed by atoms with E-state index < -0.39 is 0 Å². The van der Waals surface area contributed by atoms with Gasteiger partial charge >= 0.3 is 0 Å². The molecule has 0 unspecified atom stereocenters. The van der Waals surface area contributed by atoms with Crippen molar-refractivity contribution in [1.82, 2.24) is 25.5 Å². The van der Waals surface area contributed by atoms with Crippen molar-refractivity contribution in [1.29, 1.82) is 0 Å². The molecule has 0 saturated carbocycles. The van der Waals surface area contributed by atoms with Gasteiger partial charge in [-0.25, -0.2) is 0 Å². The third kappa shape index (κ3) is 3.73. The van der Waals surface area contributed by atoms with Gasteiger partial charge in [0, 0.05) is 36.8 Å². The van der Waals surface area contributed by atoms with Crippen LogP contribution in [-0.4, -0.2) is 51.6 Å². The summed E-state index contributed by atoms with van der Waals surface area (Å²) >= 11 is 6.02. The molecular weight excluding hydrogens is 304 g/mol. The highest BCUT2D eigenvalue weighted by atomic mass is 35.5. The molecule has 22 heavy (non-hydrogen) atoms. The van der Waals surface area contributed by atoms with E-state index in [9.17, 15) is 4.79 Å². The Morgan fingerprint density at radius 1 is 1.50 bits per heavy atom. The molecule has 2 N–H and O–H groups in total. The number of hydrogen-bond donors (Lipinski definition) is 2. The maximum Gasteiger partial charge on any atom is 0.255 e. The van der Waals surface area contributed by atoms with E-state index in [0.29, 0.717) is 23.0 Å². The monoisotopic (exact) mass is 322 g/mol. The highest BCUT2D eigenvalue weighted by Crippen LogP contribution is 2.23. The van der Waals surface area contributed by atoms with Crippen molar-refractivity contribution < 1.29 is 4.79 Å². The minimum absolute atomic E-state index is 0.0190. The number of likely N-dealkylation sites (N-methyl/N-ethyl adjacent to an activating group) is 1. The molecule has 118 valence electrons. The number of H-pyrrole nitrogens is 1. The SMILES string of the molecule is CCNc1ccc(Cl)cc1C(=O)N(C)C[C@@H](C)c1nn[nH]n1. The molecule has 2 aromatic rings. The lowest BCUT2D eigenvalue weighted by Crippen LogP contribution is -2.31. The van der Waals surface area contributed by atoms with E-state index in [1.165, 1.54) is 0 Å². The molecule has 0 bridgehead atoms. The van der Waals surface area contributed by atoms with E-state index in [-0.39, 0.29) is 11.8 Å². The zero-order chi connectivity index (χ0) is 16.1. The lowest BCUT2D eigenvalue weighted by Gasteiger charge is -2.21. The predicted octanol–water partition coefficient (Wildman–Crippen LogP) is 2.16. The standard InChI is InChI=1S/C14H19ClN6O/c1-4-16-12-6-5-10(15)7-11(12)14(22)21(3)8-9(2)13-17-19-20-18-13/h5-7,9,16H,4,8H2,1-3H3,(H,17,18,19,20)/t9-/m1/s1. The minimum atomic E-state index is -0.103. The Kier molecular flexibility index (Phi) is 5.32. The van der Waals surface area contributed by atoms with Crippen molar-refractivity contribution in [3.63, 3.8) is 0 Å². The largest absolute Gasteiger partial charge is 0.385 e. The van der Waals surface area contributed by atoms with Crippen LogP contribution in [0.2, 0.25) is 5.02 Å². The van der Waals surface area contributed by atoms with Crippen molar-refractivity contribution in [3.05, 3.63) is 34.6 Å². The molecule has 0 saturated heterocycles. The Morgan fingerprint density at radius 3 is 2.91 bits per heavy atom. The average molecular weight is 323 g/mol. The summed E-state index contributed by atoms with van der Waals surface area (Å²) in [7, 11) is 1.75. The molecule has 0 aliphatic heterocycles. The first-order chi connectivity index (χ1) is 10.5. The lowest BCUT2D eigenvalue weighted by molar-refractivity contribution is 0.0788. The molecule has 0 aliphatic rings. The van der Waals surface area contributed by atoms with E-state index in [2.05, 4.69) is 25.9 Å². The first kappa shape index (κ1) is 16.2. The molecule has 1 heterocycles. The molecule has 1 amide bonds. The van der Waals surface area contributed by atoms with Gasteiger partial charge in [0.1, 0.15) is 0 Å². The number of amides is 1. The van der Waals surface area contributed by atoms with Gasteiger partial charge in [-0.3, -0.25) is 4.79 Å². The van der Waals surface area contributed by atoms with Crippen LogP contribution < -0.4 is 5.32 Å². The van der Waals surface area contributed by atoms with Gasteiger partial charge in [-0.15, -0.1) is 10.2 Å². The Balaban J connectivity index is 2.14. The summed E-state index contributed by atoms with van der Waals surface area (Å²) in [5, 5.41) is 17.5. The van der Waals surface area contributed by atoms with Crippen molar-refractivity contribution in [2.45, 2.75) is 19.8 Å². The van der Waals surface area contributed by atoms with Crippen LogP contribution in [0.1, 0.15) is 35.9 Å². The number of nitrogens with zero attached hydrogens (tertiary/aromatic N) is 4. The number of nitrogens with one attached hydrogen (secondary N) is 2. The van der Waals surface area contributed by atoms with Crippen molar-refractivity contribution >= 4 is 23.2 Å².